The normalized spacial score (nSPS) is 15.3. The molecule has 0 radical (unpaired) electrons. The Balaban J connectivity index is 3.36. The second kappa shape index (κ2) is 4.27. The van der Waals surface area contributed by atoms with Crippen LogP contribution in [0.1, 0.15) is 13.3 Å². The molecule has 0 amide bonds. The SMILES string of the molecule is CC[As](C)CCC(F)(F)F. The third-order valence-electron chi connectivity index (χ3n) is 1.32. The molecule has 0 aromatic heterocycles. The zero-order chi connectivity index (χ0) is 8.20. The van der Waals surface area contributed by atoms with Crippen molar-refractivity contribution in [2.75, 3.05) is 0 Å². The molecule has 0 spiro atoms. The van der Waals surface area contributed by atoms with Gasteiger partial charge in [0.05, 0.1) is 0 Å². The van der Waals surface area contributed by atoms with E-state index in [0.29, 0.717) is 5.21 Å². The first-order chi connectivity index (χ1) is 4.45. The molecule has 0 nitrogen and oxygen atoms in total. The van der Waals surface area contributed by atoms with Gasteiger partial charge in [-0.3, -0.25) is 0 Å². The molecule has 1 unspecified atom stereocenters. The van der Waals surface area contributed by atoms with Crippen molar-refractivity contribution in [2.45, 2.75) is 35.6 Å². The van der Waals surface area contributed by atoms with E-state index in [-0.39, 0.29) is 0 Å². The van der Waals surface area contributed by atoms with Crippen LogP contribution in [-0.2, 0) is 0 Å². The summed E-state index contributed by atoms with van der Waals surface area (Å²) in [6, 6.07) is 0. The maximum atomic E-state index is 11.6. The van der Waals surface area contributed by atoms with E-state index < -0.39 is 27.2 Å². The molecule has 0 saturated heterocycles. The average molecular weight is 216 g/mol. The van der Waals surface area contributed by atoms with Gasteiger partial charge in [-0.2, -0.15) is 0 Å². The zero-order valence-electron chi connectivity index (χ0n) is 6.20. The fraction of sp³-hybridized carbons (Fsp3) is 1.00. The Morgan fingerprint density at radius 1 is 1.30 bits per heavy atom. The van der Waals surface area contributed by atoms with Gasteiger partial charge in [0.2, 0.25) is 0 Å². The molecule has 4 heteroatoms. The Morgan fingerprint density at radius 3 is 2.10 bits per heavy atom. The average Bonchev–Trinajstić information content (AvgIpc) is 1.81. The minimum absolute atomic E-state index is 0.410. The van der Waals surface area contributed by atoms with Crippen molar-refractivity contribution >= 4 is 14.7 Å². The molecule has 10 heavy (non-hydrogen) atoms. The number of rotatable bonds is 3. The molecule has 1 atom stereocenters. The molecule has 0 rings (SSSR count). The van der Waals surface area contributed by atoms with Crippen molar-refractivity contribution in [1.82, 2.24) is 0 Å². The van der Waals surface area contributed by atoms with Crippen molar-refractivity contribution in [1.29, 1.82) is 0 Å². The summed E-state index contributed by atoms with van der Waals surface area (Å²) in [5.41, 5.74) is 1.98. The fourth-order valence-electron chi connectivity index (χ4n) is 0.476. The van der Waals surface area contributed by atoms with E-state index in [2.05, 4.69) is 0 Å². The molecular weight excluding hydrogens is 204 g/mol. The molecule has 0 heterocycles. The Bertz CT molecular complexity index is 89.5. The van der Waals surface area contributed by atoms with Crippen molar-refractivity contribution < 1.29 is 13.2 Å². The fourth-order valence-corrected chi connectivity index (χ4v) is 2.47. The summed E-state index contributed by atoms with van der Waals surface area (Å²) in [7, 11) is 0. The third-order valence-corrected chi connectivity index (χ3v) is 5.65. The van der Waals surface area contributed by atoms with Gasteiger partial charge in [0, 0.05) is 0 Å². The van der Waals surface area contributed by atoms with Crippen LogP contribution >= 0.6 is 0 Å². The van der Waals surface area contributed by atoms with Gasteiger partial charge in [0.1, 0.15) is 0 Å². The van der Waals surface area contributed by atoms with Crippen LogP contribution < -0.4 is 0 Å². The number of hydrogen-bond donors (Lipinski definition) is 0. The summed E-state index contributed by atoms with van der Waals surface area (Å²) >= 11 is -1.06. The van der Waals surface area contributed by atoms with Crippen LogP contribution in [0.15, 0.2) is 0 Å². The van der Waals surface area contributed by atoms with Gasteiger partial charge in [-0.05, 0) is 0 Å². The Labute approximate surface area is 64.1 Å². The second-order valence-corrected chi connectivity index (χ2v) is 8.12. The van der Waals surface area contributed by atoms with E-state index in [9.17, 15) is 13.2 Å². The van der Waals surface area contributed by atoms with Crippen LogP contribution in [0.2, 0.25) is 16.1 Å². The summed E-state index contributed by atoms with van der Waals surface area (Å²) in [6.07, 6.45) is -4.50. The number of halogens is 3. The van der Waals surface area contributed by atoms with E-state index in [0.717, 1.165) is 5.21 Å². The van der Waals surface area contributed by atoms with Crippen LogP contribution in [0.25, 0.3) is 0 Å². The number of alkyl halides is 3. The van der Waals surface area contributed by atoms with Crippen LogP contribution in [0, 0.1) is 0 Å². The van der Waals surface area contributed by atoms with Gasteiger partial charge in [-0.15, -0.1) is 0 Å². The Kier molecular flexibility index (Phi) is 4.42. The van der Waals surface area contributed by atoms with Gasteiger partial charge in [0.25, 0.3) is 0 Å². The first-order valence-electron chi connectivity index (χ1n) is 3.21. The van der Waals surface area contributed by atoms with E-state index in [1.54, 1.807) is 0 Å². The molecule has 0 bridgehead atoms. The number of hydrogen-bond acceptors (Lipinski definition) is 0. The predicted molar refractivity (Wildman–Crippen MR) is 37.6 cm³/mol. The van der Waals surface area contributed by atoms with Crippen molar-refractivity contribution in [3.63, 3.8) is 0 Å². The standard InChI is InChI=1S/C6H12AsF3/c1-3-7(2)5-4-6(8,9)10/h3-5H2,1-2H3. The molecule has 62 valence electrons. The summed E-state index contributed by atoms with van der Waals surface area (Å²) in [6.45, 7) is 1.97. The second-order valence-electron chi connectivity index (χ2n) is 2.26. The van der Waals surface area contributed by atoms with Crippen LogP contribution in [0.5, 0.6) is 0 Å². The van der Waals surface area contributed by atoms with Crippen molar-refractivity contribution in [2.24, 2.45) is 0 Å². The van der Waals surface area contributed by atoms with Gasteiger partial charge in [-0.1, -0.05) is 0 Å². The molecule has 0 fully saturated rings. The first-order valence-corrected chi connectivity index (χ1v) is 7.74. The molecular formula is C6H12AsF3. The summed E-state index contributed by atoms with van der Waals surface area (Å²) in [5, 5.41) is 1.39. The topological polar surface area (TPSA) is 0 Å². The van der Waals surface area contributed by atoms with Gasteiger partial charge in [0.15, 0.2) is 0 Å². The van der Waals surface area contributed by atoms with E-state index in [1.165, 1.54) is 0 Å². The van der Waals surface area contributed by atoms with E-state index >= 15 is 0 Å². The van der Waals surface area contributed by atoms with Crippen LogP contribution in [-0.4, -0.2) is 20.8 Å². The summed E-state index contributed by atoms with van der Waals surface area (Å²) in [5.74, 6) is 0. The summed E-state index contributed by atoms with van der Waals surface area (Å²) in [4.78, 5) is 0. The van der Waals surface area contributed by atoms with Crippen molar-refractivity contribution in [3.05, 3.63) is 0 Å². The monoisotopic (exact) mass is 216 g/mol. The van der Waals surface area contributed by atoms with E-state index in [4.69, 9.17) is 0 Å². The first kappa shape index (κ1) is 10.3. The molecule has 0 aliphatic carbocycles. The summed E-state index contributed by atoms with van der Waals surface area (Å²) < 4.78 is 34.7. The van der Waals surface area contributed by atoms with Gasteiger partial charge < -0.3 is 0 Å². The van der Waals surface area contributed by atoms with Gasteiger partial charge >= 0.3 is 63.5 Å². The van der Waals surface area contributed by atoms with Gasteiger partial charge in [-0.25, -0.2) is 0 Å². The maximum absolute atomic E-state index is 11.6. The zero-order valence-corrected chi connectivity index (χ0v) is 8.08. The Hall–Kier alpha value is 0.348. The Morgan fingerprint density at radius 2 is 1.80 bits per heavy atom. The van der Waals surface area contributed by atoms with Crippen LogP contribution in [0.3, 0.4) is 0 Å². The molecule has 0 aromatic rings. The van der Waals surface area contributed by atoms with E-state index in [1.807, 2.05) is 12.6 Å². The molecule has 0 N–H and O–H groups in total. The predicted octanol–water partition coefficient (Wildman–Crippen LogP) is 3.08. The molecule has 0 aliphatic heterocycles. The molecule has 0 aromatic carbocycles. The minimum atomic E-state index is -3.93. The third kappa shape index (κ3) is 6.47. The van der Waals surface area contributed by atoms with Crippen molar-refractivity contribution in [3.8, 4) is 0 Å². The quantitative estimate of drug-likeness (QED) is 0.636. The molecule has 0 saturated carbocycles. The molecule has 0 aliphatic rings. The van der Waals surface area contributed by atoms with Crippen LogP contribution in [0.4, 0.5) is 13.2 Å².